The van der Waals surface area contributed by atoms with Gasteiger partial charge in [0.25, 0.3) is 0 Å². The highest BCUT2D eigenvalue weighted by molar-refractivity contribution is 5.93. The number of benzene rings is 1. The van der Waals surface area contributed by atoms with E-state index in [1.807, 2.05) is 45.0 Å². The molecule has 0 radical (unpaired) electrons. The van der Waals surface area contributed by atoms with Crippen molar-refractivity contribution in [3.63, 3.8) is 0 Å². The molecular weight excluding hydrogens is 430 g/mol. The summed E-state index contributed by atoms with van der Waals surface area (Å²) >= 11 is 0. The molecule has 7 heteroatoms. The molecule has 190 valence electrons. The van der Waals surface area contributed by atoms with Crippen LogP contribution in [-0.2, 0) is 14.3 Å². The normalized spacial score (nSPS) is 15.4. The van der Waals surface area contributed by atoms with E-state index in [-0.39, 0.29) is 23.8 Å². The molecule has 1 aromatic rings. The third-order valence-corrected chi connectivity index (χ3v) is 5.89. The van der Waals surface area contributed by atoms with Crippen LogP contribution in [0.5, 0.6) is 0 Å². The van der Waals surface area contributed by atoms with Crippen LogP contribution in [0.4, 0.5) is 4.79 Å². The molecule has 34 heavy (non-hydrogen) atoms. The minimum atomic E-state index is -0.796. The molecule has 3 amide bonds. The second-order valence-corrected chi connectivity index (χ2v) is 10.6. The van der Waals surface area contributed by atoms with Crippen LogP contribution in [0.25, 0.3) is 0 Å². The largest absolute Gasteiger partial charge is 0.444 e. The van der Waals surface area contributed by atoms with E-state index in [1.54, 1.807) is 25.7 Å². The number of hydrogen-bond donors (Lipinski definition) is 2. The summed E-state index contributed by atoms with van der Waals surface area (Å²) in [6, 6.07) is 6.13. The van der Waals surface area contributed by atoms with Crippen molar-refractivity contribution in [3.8, 4) is 0 Å². The Morgan fingerprint density at radius 2 is 1.76 bits per heavy atom. The molecule has 0 heterocycles. The average molecular weight is 474 g/mol. The predicted octanol–water partition coefficient (Wildman–Crippen LogP) is 4.88. The lowest BCUT2D eigenvalue weighted by Crippen LogP contribution is -2.55. The maximum absolute atomic E-state index is 13.9. The molecule has 0 spiro atoms. The zero-order valence-corrected chi connectivity index (χ0v) is 21.9. The lowest BCUT2D eigenvalue weighted by atomic mass is 9.96. The number of carbonyl (C=O) groups excluding carboxylic acids is 3. The fourth-order valence-electron chi connectivity index (χ4n) is 3.97. The van der Waals surface area contributed by atoms with Gasteiger partial charge in [-0.2, -0.15) is 0 Å². The zero-order valence-electron chi connectivity index (χ0n) is 21.9. The van der Waals surface area contributed by atoms with Gasteiger partial charge in [0.15, 0.2) is 0 Å². The number of nitrogens with zero attached hydrogens (tertiary/aromatic N) is 1. The van der Waals surface area contributed by atoms with E-state index in [2.05, 4.69) is 17.6 Å². The molecule has 1 aliphatic carbocycles. The van der Waals surface area contributed by atoms with E-state index in [0.717, 1.165) is 43.2 Å². The molecule has 0 bridgehead atoms. The fourth-order valence-corrected chi connectivity index (χ4v) is 3.97. The van der Waals surface area contributed by atoms with Crippen LogP contribution in [-0.4, -0.2) is 47.0 Å². The van der Waals surface area contributed by atoms with Crippen LogP contribution < -0.4 is 10.6 Å². The first-order chi connectivity index (χ1) is 16.0. The minimum absolute atomic E-state index is 0.0276. The smallest absolute Gasteiger partial charge is 0.408 e. The SMILES string of the molecule is CCCCCNC(=O)C(c1ccccc1C)N(C(=O)C(NC(=O)OC(C)(C)C)C(C)C)C1CC1. The average Bonchev–Trinajstić information content (AvgIpc) is 3.57. The molecule has 0 saturated heterocycles. The predicted molar refractivity (Wildman–Crippen MR) is 134 cm³/mol. The second-order valence-electron chi connectivity index (χ2n) is 10.6. The topological polar surface area (TPSA) is 87.7 Å². The van der Waals surface area contributed by atoms with Crippen molar-refractivity contribution in [2.45, 2.75) is 104 Å². The molecule has 1 fully saturated rings. The lowest BCUT2D eigenvalue weighted by molar-refractivity contribution is -0.144. The number of amides is 3. The molecule has 2 unspecified atom stereocenters. The summed E-state index contributed by atoms with van der Waals surface area (Å²) in [7, 11) is 0. The van der Waals surface area contributed by atoms with Crippen LogP contribution in [0.1, 0.15) is 90.8 Å². The number of rotatable bonds is 11. The zero-order chi connectivity index (χ0) is 25.5. The maximum atomic E-state index is 13.9. The Morgan fingerprint density at radius 1 is 1.12 bits per heavy atom. The summed E-state index contributed by atoms with van der Waals surface area (Å²) in [5.41, 5.74) is 1.10. The molecule has 0 aromatic heterocycles. The van der Waals surface area contributed by atoms with Gasteiger partial charge in [0, 0.05) is 12.6 Å². The molecule has 1 aliphatic rings. The van der Waals surface area contributed by atoms with Crippen molar-refractivity contribution in [3.05, 3.63) is 35.4 Å². The Balaban J connectivity index is 2.37. The summed E-state index contributed by atoms with van der Waals surface area (Å²) in [6.07, 6.45) is 4.05. The van der Waals surface area contributed by atoms with Gasteiger partial charge in [0.1, 0.15) is 17.7 Å². The molecule has 2 rings (SSSR count). The number of unbranched alkanes of at least 4 members (excludes halogenated alkanes) is 2. The van der Waals surface area contributed by atoms with Gasteiger partial charge in [-0.25, -0.2) is 4.79 Å². The Kier molecular flexibility index (Phi) is 9.95. The number of hydrogen-bond acceptors (Lipinski definition) is 4. The number of aryl methyl sites for hydroxylation is 1. The van der Waals surface area contributed by atoms with Gasteiger partial charge in [-0.15, -0.1) is 0 Å². The molecule has 2 atom stereocenters. The monoisotopic (exact) mass is 473 g/mol. The van der Waals surface area contributed by atoms with Gasteiger partial charge in [-0.3, -0.25) is 9.59 Å². The highest BCUT2D eigenvalue weighted by atomic mass is 16.6. The molecule has 7 nitrogen and oxygen atoms in total. The van der Waals surface area contributed by atoms with Gasteiger partial charge in [0.05, 0.1) is 0 Å². The number of alkyl carbamates (subject to hydrolysis) is 1. The van der Waals surface area contributed by atoms with E-state index >= 15 is 0 Å². The van der Waals surface area contributed by atoms with E-state index in [1.165, 1.54) is 0 Å². The molecule has 1 saturated carbocycles. The van der Waals surface area contributed by atoms with Gasteiger partial charge in [-0.1, -0.05) is 57.9 Å². The third-order valence-electron chi connectivity index (χ3n) is 5.89. The Morgan fingerprint density at radius 3 is 2.29 bits per heavy atom. The first-order valence-corrected chi connectivity index (χ1v) is 12.6. The Hall–Kier alpha value is -2.57. The molecule has 1 aromatic carbocycles. The highest BCUT2D eigenvalue weighted by Crippen LogP contribution is 2.37. The summed E-state index contributed by atoms with van der Waals surface area (Å²) in [4.78, 5) is 41.7. The molecule has 0 aliphatic heterocycles. The van der Waals surface area contributed by atoms with Gasteiger partial charge in [0.2, 0.25) is 11.8 Å². The van der Waals surface area contributed by atoms with Crippen molar-refractivity contribution in [2.75, 3.05) is 6.54 Å². The van der Waals surface area contributed by atoms with E-state index in [9.17, 15) is 14.4 Å². The van der Waals surface area contributed by atoms with Crippen molar-refractivity contribution >= 4 is 17.9 Å². The van der Waals surface area contributed by atoms with Crippen molar-refractivity contribution in [1.82, 2.24) is 15.5 Å². The van der Waals surface area contributed by atoms with Crippen LogP contribution in [0.3, 0.4) is 0 Å². The van der Waals surface area contributed by atoms with Gasteiger partial charge >= 0.3 is 6.09 Å². The first-order valence-electron chi connectivity index (χ1n) is 12.6. The number of nitrogens with one attached hydrogen (secondary N) is 2. The third kappa shape index (κ3) is 8.03. The maximum Gasteiger partial charge on any atom is 0.408 e. The second kappa shape index (κ2) is 12.2. The standard InChI is InChI=1S/C27H43N3O4/c1-8-9-12-17-28-24(31)23(21-14-11-10-13-19(21)4)30(20-15-16-20)25(32)22(18(2)3)29-26(33)34-27(5,6)7/h10-11,13-14,18,20,22-23H,8-9,12,15-17H2,1-7H3,(H,28,31)(H,29,33). The van der Waals surface area contributed by atoms with Crippen LogP contribution >= 0.6 is 0 Å². The van der Waals surface area contributed by atoms with Gasteiger partial charge < -0.3 is 20.3 Å². The molecule has 2 N–H and O–H groups in total. The summed E-state index contributed by atoms with van der Waals surface area (Å²) < 4.78 is 5.41. The van der Waals surface area contributed by atoms with Crippen LogP contribution in [0.2, 0.25) is 0 Å². The van der Waals surface area contributed by atoms with Crippen LogP contribution in [0.15, 0.2) is 24.3 Å². The quantitative estimate of drug-likeness (QED) is 0.448. The van der Waals surface area contributed by atoms with E-state index < -0.39 is 23.8 Å². The number of carbonyl (C=O) groups is 3. The number of ether oxygens (including phenoxy) is 1. The summed E-state index contributed by atoms with van der Waals surface area (Å²) in [5, 5.41) is 5.83. The Labute approximate surface area is 205 Å². The highest BCUT2D eigenvalue weighted by Gasteiger charge is 2.45. The fraction of sp³-hybridized carbons (Fsp3) is 0.667. The van der Waals surface area contributed by atoms with Gasteiger partial charge in [-0.05, 0) is 64.0 Å². The van der Waals surface area contributed by atoms with E-state index in [4.69, 9.17) is 4.74 Å². The van der Waals surface area contributed by atoms with Crippen molar-refractivity contribution in [2.24, 2.45) is 5.92 Å². The summed E-state index contributed by atoms with van der Waals surface area (Å²) in [5.74, 6) is -0.600. The lowest BCUT2D eigenvalue weighted by Gasteiger charge is -2.36. The van der Waals surface area contributed by atoms with Crippen LogP contribution in [0, 0.1) is 12.8 Å². The van der Waals surface area contributed by atoms with Crippen molar-refractivity contribution in [1.29, 1.82) is 0 Å². The van der Waals surface area contributed by atoms with E-state index in [0.29, 0.717) is 6.54 Å². The van der Waals surface area contributed by atoms with Crippen molar-refractivity contribution < 1.29 is 19.1 Å². The summed E-state index contributed by atoms with van der Waals surface area (Å²) in [6.45, 7) is 13.8. The Bertz CT molecular complexity index is 843. The first kappa shape index (κ1) is 27.7. The minimum Gasteiger partial charge on any atom is -0.444 e. The molecular formula is C27H43N3O4.